The van der Waals surface area contributed by atoms with Crippen molar-refractivity contribution >= 4 is 23.3 Å². The number of amides is 2. The summed E-state index contributed by atoms with van der Waals surface area (Å²) in [5.41, 5.74) is 4.01. The van der Waals surface area contributed by atoms with Crippen molar-refractivity contribution in [3.8, 4) is 11.3 Å². The molecule has 2 N–H and O–H groups in total. The van der Waals surface area contributed by atoms with Gasteiger partial charge >= 0.3 is 6.03 Å². The number of benzene rings is 2. The van der Waals surface area contributed by atoms with E-state index in [2.05, 4.69) is 32.3 Å². The first-order valence-corrected chi connectivity index (χ1v) is 8.02. The van der Waals surface area contributed by atoms with Crippen LogP contribution in [0.1, 0.15) is 11.6 Å². The van der Waals surface area contributed by atoms with Crippen LogP contribution >= 0.6 is 11.6 Å². The summed E-state index contributed by atoms with van der Waals surface area (Å²) in [7, 11) is 0. The van der Waals surface area contributed by atoms with E-state index >= 15 is 0 Å². The van der Waals surface area contributed by atoms with E-state index in [0.29, 0.717) is 17.3 Å². The van der Waals surface area contributed by atoms with Crippen molar-refractivity contribution in [2.45, 2.75) is 6.04 Å². The van der Waals surface area contributed by atoms with Crippen molar-refractivity contribution in [2.75, 3.05) is 11.9 Å². The largest absolute Gasteiger partial charge is 0.335 e. The molecule has 6 heteroatoms. The van der Waals surface area contributed by atoms with Crippen LogP contribution in [0.25, 0.3) is 11.3 Å². The standard InChI is InChI=1S/C18H15ClN4O/c19-14-7-3-4-8-15(14)22-18(24)21-10-17-13-6-2-1-5-12(13)16-9-20-11-23(16)17/h1-9,11,17H,10H2,(H2,21,22,24). The summed E-state index contributed by atoms with van der Waals surface area (Å²) in [5, 5.41) is 6.19. The van der Waals surface area contributed by atoms with Gasteiger partial charge in [0.05, 0.1) is 35.0 Å². The smallest absolute Gasteiger partial charge is 0.319 e. The highest BCUT2D eigenvalue weighted by Crippen LogP contribution is 2.38. The number of rotatable bonds is 3. The van der Waals surface area contributed by atoms with Crippen molar-refractivity contribution < 1.29 is 4.79 Å². The molecule has 1 atom stereocenters. The molecule has 1 unspecified atom stereocenters. The zero-order valence-corrected chi connectivity index (χ0v) is 13.5. The van der Waals surface area contributed by atoms with Crippen molar-refractivity contribution in [2.24, 2.45) is 0 Å². The van der Waals surface area contributed by atoms with Gasteiger partial charge in [-0.1, -0.05) is 48.0 Å². The number of anilines is 1. The lowest BCUT2D eigenvalue weighted by Gasteiger charge is -2.16. The molecule has 2 amide bonds. The number of urea groups is 1. The topological polar surface area (TPSA) is 59.0 Å². The molecule has 3 aromatic rings. The van der Waals surface area contributed by atoms with Gasteiger partial charge in [-0.2, -0.15) is 0 Å². The first-order valence-electron chi connectivity index (χ1n) is 7.64. The highest BCUT2D eigenvalue weighted by Gasteiger charge is 2.28. The molecule has 2 heterocycles. The minimum Gasteiger partial charge on any atom is -0.335 e. The van der Waals surface area contributed by atoms with E-state index in [-0.39, 0.29) is 12.1 Å². The van der Waals surface area contributed by atoms with Crippen LogP contribution in [0, 0.1) is 0 Å². The van der Waals surface area contributed by atoms with E-state index in [4.69, 9.17) is 11.6 Å². The lowest BCUT2D eigenvalue weighted by molar-refractivity contribution is 0.251. The number of imidazole rings is 1. The predicted octanol–water partition coefficient (Wildman–Crippen LogP) is 3.93. The van der Waals surface area contributed by atoms with Gasteiger partial charge in [-0.3, -0.25) is 0 Å². The summed E-state index contributed by atoms with van der Waals surface area (Å²) in [6, 6.07) is 15.1. The second kappa shape index (κ2) is 6.02. The Hall–Kier alpha value is -2.79. The Morgan fingerprint density at radius 2 is 1.96 bits per heavy atom. The molecule has 1 aliphatic heterocycles. The Bertz CT molecular complexity index is 905. The summed E-state index contributed by atoms with van der Waals surface area (Å²) in [6.07, 6.45) is 3.65. The Kier molecular flexibility index (Phi) is 3.70. The number of nitrogens with one attached hydrogen (secondary N) is 2. The van der Waals surface area contributed by atoms with Gasteiger partial charge < -0.3 is 15.2 Å². The number of halogens is 1. The molecule has 0 saturated carbocycles. The monoisotopic (exact) mass is 338 g/mol. The van der Waals surface area contributed by atoms with Crippen LogP contribution in [0.3, 0.4) is 0 Å². The van der Waals surface area contributed by atoms with Crippen LogP contribution in [-0.4, -0.2) is 22.1 Å². The van der Waals surface area contributed by atoms with E-state index < -0.39 is 0 Å². The summed E-state index contributed by atoms with van der Waals surface area (Å²) < 4.78 is 2.08. The van der Waals surface area contributed by atoms with Gasteiger partial charge in [-0.25, -0.2) is 9.78 Å². The molecule has 0 bridgehead atoms. The van der Waals surface area contributed by atoms with Gasteiger partial charge in [0, 0.05) is 12.1 Å². The normalized spacial score (nSPS) is 14.8. The third kappa shape index (κ3) is 2.53. The maximum atomic E-state index is 12.2. The number of aromatic nitrogens is 2. The Balaban J connectivity index is 1.49. The number of carbonyl (C=O) groups is 1. The molecule has 0 saturated heterocycles. The van der Waals surface area contributed by atoms with E-state index in [1.807, 2.05) is 30.5 Å². The van der Waals surface area contributed by atoms with Gasteiger partial charge in [-0.05, 0) is 17.7 Å². The maximum Gasteiger partial charge on any atom is 0.319 e. The molecule has 2 aromatic carbocycles. The van der Waals surface area contributed by atoms with Crippen molar-refractivity contribution in [1.82, 2.24) is 14.9 Å². The molecular weight excluding hydrogens is 324 g/mol. The van der Waals surface area contributed by atoms with Gasteiger partial charge in [0.15, 0.2) is 0 Å². The van der Waals surface area contributed by atoms with Crippen molar-refractivity contribution in [3.05, 3.63) is 71.6 Å². The molecule has 0 spiro atoms. The predicted molar refractivity (Wildman–Crippen MR) is 94.3 cm³/mol. The highest BCUT2D eigenvalue weighted by atomic mass is 35.5. The highest BCUT2D eigenvalue weighted by molar-refractivity contribution is 6.33. The molecule has 120 valence electrons. The minimum absolute atomic E-state index is 0.0377. The fourth-order valence-corrected chi connectivity index (χ4v) is 3.24. The van der Waals surface area contributed by atoms with Gasteiger partial charge in [0.1, 0.15) is 0 Å². The van der Waals surface area contributed by atoms with Gasteiger partial charge in [0.25, 0.3) is 0 Å². The summed E-state index contributed by atoms with van der Waals surface area (Å²) >= 11 is 6.06. The number of hydrogen-bond donors (Lipinski definition) is 2. The Morgan fingerprint density at radius 3 is 2.83 bits per heavy atom. The molecule has 24 heavy (non-hydrogen) atoms. The zero-order valence-electron chi connectivity index (χ0n) is 12.7. The summed E-state index contributed by atoms with van der Waals surface area (Å²) in [6.45, 7) is 0.469. The molecular formula is C18H15ClN4O. The van der Waals surface area contributed by atoms with Gasteiger partial charge in [-0.15, -0.1) is 0 Å². The fourth-order valence-electron chi connectivity index (χ4n) is 3.06. The average Bonchev–Trinajstić information content (AvgIpc) is 3.16. The number of para-hydroxylation sites is 1. The van der Waals surface area contributed by atoms with Crippen LogP contribution in [0.4, 0.5) is 10.5 Å². The lowest BCUT2D eigenvalue weighted by Crippen LogP contribution is -2.33. The molecule has 1 aliphatic rings. The van der Waals surface area contributed by atoms with Crippen LogP contribution in [0.15, 0.2) is 61.1 Å². The Morgan fingerprint density at radius 1 is 1.17 bits per heavy atom. The molecule has 5 nitrogen and oxygen atoms in total. The van der Waals surface area contributed by atoms with Crippen LogP contribution < -0.4 is 10.6 Å². The van der Waals surface area contributed by atoms with Crippen LogP contribution in [0.5, 0.6) is 0 Å². The molecule has 0 fully saturated rings. The number of hydrogen-bond acceptors (Lipinski definition) is 2. The van der Waals surface area contributed by atoms with Crippen molar-refractivity contribution in [1.29, 1.82) is 0 Å². The molecule has 1 aromatic heterocycles. The summed E-state index contributed by atoms with van der Waals surface area (Å²) in [4.78, 5) is 16.4. The minimum atomic E-state index is -0.283. The number of carbonyl (C=O) groups excluding carboxylic acids is 1. The second-order valence-electron chi connectivity index (χ2n) is 5.60. The lowest BCUT2D eigenvalue weighted by atomic mass is 10.0. The summed E-state index contributed by atoms with van der Waals surface area (Å²) in [5.74, 6) is 0. The average molecular weight is 339 g/mol. The third-order valence-electron chi connectivity index (χ3n) is 4.18. The number of fused-ring (bicyclic) bond motifs is 3. The van der Waals surface area contributed by atoms with E-state index in [0.717, 1.165) is 11.3 Å². The first-order chi connectivity index (χ1) is 11.7. The fraction of sp³-hybridized carbons (Fsp3) is 0.111. The third-order valence-corrected chi connectivity index (χ3v) is 4.51. The second-order valence-corrected chi connectivity index (χ2v) is 6.01. The van der Waals surface area contributed by atoms with Crippen LogP contribution in [0.2, 0.25) is 5.02 Å². The van der Waals surface area contributed by atoms with Gasteiger partial charge in [0.2, 0.25) is 0 Å². The zero-order chi connectivity index (χ0) is 16.5. The maximum absolute atomic E-state index is 12.2. The van der Waals surface area contributed by atoms with E-state index in [1.54, 1.807) is 18.5 Å². The van der Waals surface area contributed by atoms with E-state index in [1.165, 1.54) is 5.56 Å². The number of nitrogens with zero attached hydrogens (tertiary/aromatic N) is 2. The SMILES string of the molecule is O=C(NCC1c2ccccc2-c2cncn21)Nc1ccccc1Cl. The quantitative estimate of drug-likeness (QED) is 0.760. The molecule has 4 rings (SSSR count). The Labute approximate surface area is 144 Å². The first kappa shape index (κ1) is 14.8. The van der Waals surface area contributed by atoms with E-state index in [9.17, 15) is 4.79 Å². The van der Waals surface area contributed by atoms with Crippen LogP contribution in [-0.2, 0) is 0 Å². The van der Waals surface area contributed by atoms with Crippen molar-refractivity contribution in [3.63, 3.8) is 0 Å². The molecule has 0 radical (unpaired) electrons. The molecule has 0 aliphatic carbocycles.